The van der Waals surface area contributed by atoms with Crippen molar-refractivity contribution in [2.45, 2.75) is 45.6 Å². The first-order valence-corrected chi connectivity index (χ1v) is 8.92. The fourth-order valence-electron chi connectivity index (χ4n) is 4.14. The number of methoxy groups -OCH3 is 2. The van der Waals surface area contributed by atoms with Crippen LogP contribution in [-0.4, -0.2) is 14.2 Å². The molecule has 1 fully saturated rings. The molecule has 0 saturated heterocycles. The summed E-state index contributed by atoms with van der Waals surface area (Å²) in [7, 11) is 3.29. The number of halogens is 1. The second-order valence-corrected chi connectivity index (χ2v) is 7.63. The molecule has 1 aliphatic carbocycles. The molecule has 3 heteroatoms. The summed E-state index contributed by atoms with van der Waals surface area (Å²) in [6, 6.07) is 11.3. The first-order valence-electron chi connectivity index (χ1n) is 8.92. The molecule has 0 aliphatic heterocycles. The lowest BCUT2D eigenvalue weighted by atomic mass is 9.75. The van der Waals surface area contributed by atoms with Gasteiger partial charge < -0.3 is 9.47 Å². The molecule has 0 spiro atoms. The number of hydrogen-bond acceptors (Lipinski definition) is 2. The summed E-state index contributed by atoms with van der Waals surface area (Å²) in [5.41, 5.74) is 4.09. The van der Waals surface area contributed by atoms with Gasteiger partial charge in [-0.15, -0.1) is 0 Å². The van der Waals surface area contributed by atoms with Crippen LogP contribution in [0.4, 0.5) is 4.39 Å². The van der Waals surface area contributed by atoms with E-state index in [2.05, 4.69) is 32.0 Å². The van der Waals surface area contributed by atoms with Gasteiger partial charge in [-0.2, -0.15) is 0 Å². The molecule has 2 aromatic carbocycles. The third-order valence-corrected chi connectivity index (χ3v) is 5.53. The minimum atomic E-state index is -0.215. The number of ether oxygens (including phenoxy) is 2. The molecule has 0 heterocycles. The van der Waals surface area contributed by atoms with Gasteiger partial charge in [0.2, 0.25) is 0 Å². The molecule has 1 atom stereocenters. The maximum Gasteiger partial charge on any atom is 0.131 e. The molecule has 0 radical (unpaired) electrons. The normalized spacial score (nSPS) is 19.2. The zero-order valence-corrected chi connectivity index (χ0v) is 15.6. The Morgan fingerprint density at radius 2 is 1.88 bits per heavy atom. The van der Waals surface area contributed by atoms with E-state index in [1.807, 2.05) is 0 Å². The number of benzene rings is 2. The Labute approximate surface area is 150 Å². The van der Waals surface area contributed by atoms with Crippen molar-refractivity contribution < 1.29 is 13.9 Å². The van der Waals surface area contributed by atoms with Crippen molar-refractivity contribution >= 4 is 0 Å². The Morgan fingerprint density at radius 1 is 1.08 bits per heavy atom. The van der Waals surface area contributed by atoms with E-state index in [1.54, 1.807) is 26.4 Å². The third-order valence-electron chi connectivity index (χ3n) is 5.53. The third kappa shape index (κ3) is 3.57. The van der Waals surface area contributed by atoms with Gasteiger partial charge >= 0.3 is 0 Å². The Hall–Kier alpha value is -1.87. The largest absolute Gasteiger partial charge is 0.497 e. The zero-order chi connectivity index (χ0) is 18.0. The van der Waals surface area contributed by atoms with Crippen molar-refractivity contribution in [2.75, 3.05) is 14.2 Å². The van der Waals surface area contributed by atoms with E-state index in [-0.39, 0.29) is 11.2 Å². The molecule has 0 N–H and O–H groups in total. The topological polar surface area (TPSA) is 18.5 Å². The van der Waals surface area contributed by atoms with Gasteiger partial charge in [-0.25, -0.2) is 4.39 Å². The molecule has 25 heavy (non-hydrogen) atoms. The van der Waals surface area contributed by atoms with E-state index in [0.29, 0.717) is 23.8 Å². The molecular formula is C22H27FO2. The summed E-state index contributed by atoms with van der Waals surface area (Å²) < 4.78 is 25.3. The maximum absolute atomic E-state index is 14.7. The summed E-state index contributed by atoms with van der Waals surface area (Å²) in [6.07, 6.45) is 3.57. The molecule has 2 nitrogen and oxygen atoms in total. The van der Waals surface area contributed by atoms with Gasteiger partial charge in [0.05, 0.1) is 13.7 Å². The van der Waals surface area contributed by atoms with E-state index in [4.69, 9.17) is 9.47 Å². The molecular weight excluding hydrogens is 315 g/mol. The Morgan fingerprint density at radius 3 is 2.52 bits per heavy atom. The van der Waals surface area contributed by atoms with Gasteiger partial charge in [0, 0.05) is 12.7 Å². The quantitative estimate of drug-likeness (QED) is 0.669. The molecule has 0 amide bonds. The minimum Gasteiger partial charge on any atom is -0.497 e. The molecule has 0 unspecified atom stereocenters. The fraction of sp³-hybridized carbons (Fsp3) is 0.455. The lowest BCUT2D eigenvalue weighted by Crippen LogP contribution is -2.16. The van der Waals surface area contributed by atoms with Crippen molar-refractivity contribution in [3.8, 4) is 16.9 Å². The molecule has 134 valence electrons. The summed E-state index contributed by atoms with van der Waals surface area (Å²) in [4.78, 5) is 0. The highest BCUT2D eigenvalue weighted by molar-refractivity contribution is 5.71. The van der Waals surface area contributed by atoms with Crippen LogP contribution in [-0.2, 0) is 11.3 Å². The van der Waals surface area contributed by atoms with Crippen LogP contribution in [0, 0.1) is 11.2 Å². The SMILES string of the molecule is COCc1ccc([C@@H]2CCCC2(C)C)c(-c2cc(OC)ccc2F)c1. The predicted molar refractivity (Wildman–Crippen MR) is 99.5 cm³/mol. The number of hydrogen-bond donors (Lipinski definition) is 0. The summed E-state index contributed by atoms with van der Waals surface area (Å²) >= 11 is 0. The standard InChI is InChI=1S/C22H27FO2/c1-22(2)11-5-6-20(22)17-9-7-15(14-24-3)12-18(17)19-13-16(25-4)8-10-21(19)23/h7-10,12-13,20H,5-6,11,14H2,1-4H3/t20-/m0/s1. The van der Waals surface area contributed by atoms with Crippen molar-refractivity contribution in [1.29, 1.82) is 0 Å². The van der Waals surface area contributed by atoms with Gasteiger partial charge in [0.15, 0.2) is 0 Å². The lowest BCUT2D eigenvalue weighted by Gasteiger charge is -2.29. The Kier molecular flexibility index (Phi) is 5.14. The van der Waals surface area contributed by atoms with Crippen LogP contribution < -0.4 is 4.74 Å². The van der Waals surface area contributed by atoms with Crippen LogP contribution in [0.5, 0.6) is 5.75 Å². The van der Waals surface area contributed by atoms with Crippen LogP contribution in [0.25, 0.3) is 11.1 Å². The highest BCUT2D eigenvalue weighted by atomic mass is 19.1. The smallest absolute Gasteiger partial charge is 0.131 e. The van der Waals surface area contributed by atoms with E-state index < -0.39 is 0 Å². The lowest BCUT2D eigenvalue weighted by molar-refractivity contribution is 0.185. The summed E-state index contributed by atoms with van der Waals surface area (Å²) in [5, 5.41) is 0. The van der Waals surface area contributed by atoms with Crippen LogP contribution in [0.3, 0.4) is 0 Å². The predicted octanol–water partition coefficient (Wildman–Crippen LogP) is 5.94. The summed E-state index contributed by atoms with van der Waals surface area (Å²) in [5.74, 6) is 0.891. The Balaban J connectivity index is 2.17. The molecule has 2 aromatic rings. The zero-order valence-electron chi connectivity index (χ0n) is 15.6. The van der Waals surface area contributed by atoms with E-state index >= 15 is 0 Å². The van der Waals surface area contributed by atoms with Gasteiger partial charge in [0.1, 0.15) is 11.6 Å². The van der Waals surface area contributed by atoms with Crippen LogP contribution in [0.2, 0.25) is 0 Å². The van der Waals surface area contributed by atoms with Crippen molar-refractivity contribution in [1.82, 2.24) is 0 Å². The van der Waals surface area contributed by atoms with Crippen molar-refractivity contribution in [3.05, 3.63) is 53.3 Å². The van der Waals surface area contributed by atoms with Gasteiger partial charge in [-0.1, -0.05) is 32.4 Å². The van der Waals surface area contributed by atoms with Gasteiger partial charge in [-0.3, -0.25) is 0 Å². The van der Waals surface area contributed by atoms with Crippen LogP contribution in [0.15, 0.2) is 36.4 Å². The first kappa shape index (κ1) is 17.9. The van der Waals surface area contributed by atoms with Gasteiger partial charge in [-0.05, 0) is 65.1 Å². The molecule has 3 rings (SSSR count). The monoisotopic (exact) mass is 342 g/mol. The number of rotatable bonds is 5. The second-order valence-electron chi connectivity index (χ2n) is 7.63. The Bertz CT molecular complexity index is 752. The van der Waals surface area contributed by atoms with Crippen LogP contribution in [0.1, 0.15) is 50.2 Å². The molecule has 0 aromatic heterocycles. The van der Waals surface area contributed by atoms with E-state index in [1.165, 1.54) is 24.5 Å². The minimum absolute atomic E-state index is 0.215. The highest BCUT2D eigenvalue weighted by Crippen LogP contribution is 2.51. The second kappa shape index (κ2) is 7.17. The highest BCUT2D eigenvalue weighted by Gasteiger charge is 2.36. The fourth-order valence-corrected chi connectivity index (χ4v) is 4.14. The van der Waals surface area contributed by atoms with E-state index in [9.17, 15) is 4.39 Å². The average Bonchev–Trinajstić information content (AvgIpc) is 2.95. The van der Waals surface area contributed by atoms with Crippen molar-refractivity contribution in [2.24, 2.45) is 5.41 Å². The molecule has 0 bridgehead atoms. The van der Waals surface area contributed by atoms with Crippen LogP contribution >= 0.6 is 0 Å². The van der Waals surface area contributed by atoms with E-state index in [0.717, 1.165) is 17.5 Å². The molecule has 1 saturated carbocycles. The average molecular weight is 342 g/mol. The molecule has 1 aliphatic rings. The maximum atomic E-state index is 14.7. The first-order chi connectivity index (χ1) is 12.0. The van der Waals surface area contributed by atoms with Crippen molar-refractivity contribution in [3.63, 3.8) is 0 Å². The summed E-state index contributed by atoms with van der Waals surface area (Å²) in [6.45, 7) is 5.16. The van der Waals surface area contributed by atoms with Gasteiger partial charge in [0.25, 0.3) is 0 Å².